The van der Waals surface area contributed by atoms with Gasteiger partial charge in [0.25, 0.3) is 0 Å². The molecule has 2 unspecified atom stereocenters. The predicted molar refractivity (Wildman–Crippen MR) is 139 cm³/mol. The van der Waals surface area contributed by atoms with E-state index in [0.717, 1.165) is 65.6 Å². The zero-order chi connectivity index (χ0) is 23.9. The fourth-order valence-corrected chi connectivity index (χ4v) is 5.91. The van der Waals surface area contributed by atoms with Gasteiger partial charge in [0.2, 0.25) is 0 Å². The van der Waals surface area contributed by atoms with Crippen molar-refractivity contribution >= 4 is 44.9 Å². The van der Waals surface area contributed by atoms with Gasteiger partial charge in [0.15, 0.2) is 0 Å². The van der Waals surface area contributed by atoms with Crippen LogP contribution in [0.15, 0.2) is 41.7 Å². The van der Waals surface area contributed by atoms with Gasteiger partial charge in [0.1, 0.15) is 18.0 Å². The molecule has 2 amide bonds. The SMILES string of the molecule is CC1CN[C@H](C)CN1C(=O)N1CC=C(C2Cc3c(Nc4ccc5ncsc5c4)ncnc3N2)CC1. The average Bonchev–Trinajstić information content (AvgIpc) is 3.52. The molecule has 3 N–H and O–H groups in total. The number of aromatic nitrogens is 3. The fraction of sp³-hybridized carbons (Fsp3) is 0.440. The van der Waals surface area contributed by atoms with Gasteiger partial charge in [-0.2, -0.15) is 0 Å². The second kappa shape index (κ2) is 9.09. The minimum absolute atomic E-state index is 0.152. The van der Waals surface area contributed by atoms with Crippen LogP contribution in [0.1, 0.15) is 25.8 Å². The van der Waals surface area contributed by atoms with Gasteiger partial charge in [-0.1, -0.05) is 6.08 Å². The van der Waals surface area contributed by atoms with Crippen molar-refractivity contribution in [3.63, 3.8) is 0 Å². The van der Waals surface area contributed by atoms with Crippen molar-refractivity contribution in [2.24, 2.45) is 0 Å². The molecule has 3 atom stereocenters. The second-order valence-electron chi connectivity index (χ2n) is 9.68. The van der Waals surface area contributed by atoms with Gasteiger partial charge in [-0.15, -0.1) is 11.3 Å². The third-order valence-electron chi connectivity index (χ3n) is 7.23. The molecule has 3 aliphatic heterocycles. The van der Waals surface area contributed by atoms with E-state index >= 15 is 0 Å². The molecule has 1 fully saturated rings. The Bertz CT molecular complexity index is 1290. The van der Waals surface area contributed by atoms with Gasteiger partial charge in [-0.25, -0.2) is 19.7 Å². The maximum Gasteiger partial charge on any atom is 0.320 e. The van der Waals surface area contributed by atoms with Gasteiger partial charge in [0, 0.05) is 55.9 Å². The first-order valence-corrected chi connectivity index (χ1v) is 13.1. The Kier molecular flexibility index (Phi) is 5.77. The minimum Gasteiger partial charge on any atom is -0.363 e. The van der Waals surface area contributed by atoms with Crippen molar-refractivity contribution in [3.05, 3.63) is 47.2 Å². The molecule has 1 saturated heterocycles. The lowest BCUT2D eigenvalue weighted by Crippen LogP contribution is -2.59. The standard InChI is InChI=1S/C25H30N8OS/c1-15-12-33(16(2)11-26-15)25(34)32-7-5-17(6-8-32)21-10-19-23(27-13-28-24(19)31-21)30-18-3-4-20-22(9-18)35-14-29-20/h3-5,9,13-16,21,26H,6-8,10-12H2,1-2H3,(H2,27,28,30,31)/t15-,16?,21?/m1/s1. The number of hydrogen-bond acceptors (Lipinski definition) is 8. The Labute approximate surface area is 208 Å². The van der Waals surface area contributed by atoms with Crippen LogP contribution in [-0.2, 0) is 6.42 Å². The van der Waals surface area contributed by atoms with Crippen LogP contribution in [0, 0.1) is 0 Å². The van der Waals surface area contributed by atoms with Gasteiger partial charge in [0.05, 0.1) is 21.8 Å². The van der Waals surface area contributed by atoms with E-state index in [4.69, 9.17) is 0 Å². The zero-order valence-electron chi connectivity index (χ0n) is 20.0. The molecule has 3 aromatic rings. The molecule has 0 spiro atoms. The molecule has 0 saturated carbocycles. The number of thiazole rings is 1. The third-order valence-corrected chi connectivity index (χ3v) is 8.02. The summed E-state index contributed by atoms with van der Waals surface area (Å²) in [5, 5.41) is 10.5. The van der Waals surface area contributed by atoms with Crippen LogP contribution in [0.25, 0.3) is 10.2 Å². The lowest BCUT2D eigenvalue weighted by Gasteiger charge is -2.41. The first kappa shape index (κ1) is 22.2. The van der Waals surface area contributed by atoms with Crippen LogP contribution in [0.3, 0.4) is 0 Å². The number of benzene rings is 1. The molecule has 6 rings (SSSR count). The van der Waals surface area contributed by atoms with Crippen molar-refractivity contribution in [1.29, 1.82) is 0 Å². The van der Waals surface area contributed by atoms with Crippen LogP contribution in [-0.4, -0.2) is 75.1 Å². The van der Waals surface area contributed by atoms with Crippen molar-refractivity contribution < 1.29 is 4.79 Å². The smallest absolute Gasteiger partial charge is 0.320 e. The average molecular weight is 491 g/mol. The number of nitrogens with one attached hydrogen (secondary N) is 3. The van der Waals surface area contributed by atoms with E-state index in [0.29, 0.717) is 12.6 Å². The molecular weight excluding hydrogens is 460 g/mol. The highest BCUT2D eigenvalue weighted by Gasteiger charge is 2.33. The summed E-state index contributed by atoms with van der Waals surface area (Å²) >= 11 is 1.63. The van der Waals surface area contributed by atoms with E-state index in [-0.39, 0.29) is 18.1 Å². The maximum atomic E-state index is 13.1. The number of fused-ring (bicyclic) bond motifs is 2. The highest BCUT2D eigenvalue weighted by atomic mass is 32.1. The number of nitrogens with zero attached hydrogens (tertiary/aromatic N) is 5. The Morgan fingerprint density at radius 3 is 3.00 bits per heavy atom. The minimum atomic E-state index is 0.152. The van der Waals surface area contributed by atoms with E-state index < -0.39 is 0 Å². The Morgan fingerprint density at radius 1 is 1.23 bits per heavy atom. The van der Waals surface area contributed by atoms with Crippen molar-refractivity contribution in [2.75, 3.05) is 36.8 Å². The normalized spacial score (nSPS) is 24.2. The largest absolute Gasteiger partial charge is 0.363 e. The summed E-state index contributed by atoms with van der Waals surface area (Å²) in [4.78, 5) is 30.5. The molecule has 182 valence electrons. The summed E-state index contributed by atoms with van der Waals surface area (Å²) in [6.07, 6.45) is 5.52. The van der Waals surface area contributed by atoms with Crippen molar-refractivity contribution in [3.8, 4) is 0 Å². The Hall–Kier alpha value is -3.24. The fourth-order valence-electron chi connectivity index (χ4n) is 5.20. The predicted octanol–water partition coefficient (Wildman–Crippen LogP) is 3.60. The number of hydrogen-bond donors (Lipinski definition) is 3. The summed E-state index contributed by atoms with van der Waals surface area (Å²) in [6, 6.07) is 7.05. The summed E-state index contributed by atoms with van der Waals surface area (Å²) in [5.74, 6) is 1.72. The molecule has 10 heteroatoms. The van der Waals surface area contributed by atoms with E-state index in [1.54, 1.807) is 17.7 Å². The molecule has 35 heavy (non-hydrogen) atoms. The highest BCUT2D eigenvalue weighted by Crippen LogP contribution is 2.35. The van der Waals surface area contributed by atoms with Crippen LogP contribution >= 0.6 is 11.3 Å². The van der Waals surface area contributed by atoms with Gasteiger partial charge < -0.3 is 25.8 Å². The topological polar surface area (TPSA) is 98.3 Å². The van der Waals surface area contributed by atoms with Crippen LogP contribution in [0.4, 0.5) is 22.1 Å². The molecule has 1 aromatic carbocycles. The monoisotopic (exact) mass is 490 g/mol. The Balaban J connectivity index is 1.13. The van der Waals surface area contributed by atoms with E-state index in [2.05, 4.69) is 56.9 Å². The molecule has 3 aliphatic rings. The number of rotatable bonds is 3. The lowest BCUT2D eigenvalue weighted by atomic mass is 9.97. The first-order chi connectivity index (χ1) is 17.0. The summed E-state index contributed by atoms with van der Waals surface area (Å²) in [6.45, 7) is 7.25. The first-order valence-electron chi connectivity index (χ1n) is 12.2. The second-order valence-corrected chi connectivity index (χ2v) is 10.6. The summed E-state index contributed by atoms with van der Waals surface area (Å²) in [5.41, 5.74) is 6.31. The summed E-state index contributed by atoms with van der Waals surface area (Å²) < 4.78 is 1.15. The number of carbonyl (C=O) groups is 1. The van der Waals surface area contributed by atoms with E-state index in [1.807, 2.05) is 27.4 Å². The maximum absolute atomic E-state index is 13.1. The Morgan fingerprint density at radius 2 is 2.14 bits per heavy atom. The van der Waals surface area contributed by atoms with Crippen LogP contribution in [0.5, 0.6) is 0 Å². The molecule has 0 radical (unpaired) electrons. The molecule has 0 aliphatic carbocycles. The van der Waals surface area contributed by atoms with E-state index in [1.165, 1.54) is 5.57 Å². The lowest BCUT2D eigenvalue weighted by molar-refractivity contribution is 0.117. The molecule has 0 bridgehead atoms. The molecule has 5 heterocycles. The molecule has 9 nitrogen and oxygen atoms in total. The molecule has 2 aromatic heterocycles. The quantitative estimate of drug-likeness (QED) is 0.483. The van der Waals surface area contributed by atoms with Crippen molar-refractivity contribution in [2.45, 2.75) is 44.8 Å². The molecular formula is C25H30N8OS. The van der Waals surface area contributed by atoms with Gasteiger partial charge in [-0.05, 0) is 44.0 Å². The van der Waals surface area contributed by atoms with Crippen molar-refractivity contribution in [1.82, 2.24) is 30.1 Å². The number of anilines is 3. The van der Waals surface area contributed by atoms with Crippen LogP contribution < -0.4 is 16.0 Å². The zero-order valence-corrected chi connectivity index (χ0v) is 20.8. The number of urea groups is 1. The van der Waals surface area contributed by atoms with Crippen LogP contribution in [0.2, 0.25) is 0 Å². The number of piperazine rings is 1. The highest BCUT2D eigenvalue weighted by molar-refractivity contribution is 7.16. The summed E-state index contributed by atoms with van der Waals surface area (Å²) in [7, 11) is 0. The van der Waals surface area contributed by atoms with Gasteiger partial charge in [-0.3, -0.25) is 0 Å². The number of carbonyl (C=O) groups excluding carboxylic acids is 1. The number of amides is 2. The third kappa shape index (κ3) is 4.32. The van der Waals surface area contributed by atoms with E-state index in [9.17, 15) is 4.79 Å². The van der Waals surface area contributed by atoms with Gasteiger partial charge >= 0.3 is 6.03 Å².